The number of hydrogen-bond donors (Lipinski definition) is 0. The Balaban J connectivity index is 1.83. The Hall–Kier alpha value is -4.02. The van der Waals surface area contributed by atoms with Gasteiger partial charge in [0.2, 0.25) is 0 Å². The molecular weight excluding hydrogens is 466 g/mol. The molecule has 0 amide bonds. The quantitative estimate of drug-likeness (QED) is 0.355. The number of nitrogens with zero attached hydrogens (tertiary/aromatic N) is 5. The number of nitriles is 1. The van der Waals surface area contributed by atoms with Gasteiger partial charge >= 0.3 is 0 Å². The van der Waals surface area contributed by atoms with E-state index in [1.54, 1.807) is 33.7 Å². The maximum absolute atomic E-state index is 13.6. The highest BCUT2D eigenvalue weighted by Crippen LogP contribution is 2.24. The summed E-state index contributed by atoms with van der Waals surface area (Å²) in [4.78, 5) is 22.9. The van der Waals surface area contributed by atoms with Crippen molar-refractivity contribution in [2.45, 2.75) is 6.92 Å². The molecule has 5 aromatic rings. The molecule has 32 heavy (non-hydrogen) atoms. The van der Waals surface area contributed by atoms with Crippen molar-refractivity contribution in [3.63, 3.8) is 0 Å². The van der Waals surface area contributed by atoms with E-state index >= 15 is 0 Å². The summed E-state index contributed by atoms with van der Waals surface area (Å²) in [6, 6.07) is 24.7. The van der Waals surface area contributed by atoms with E-state index in [1.165, 1.54) is 0 Å². The first-order valence-corrected chi connectivity index (χ1v) is 10.7. The van der Waals surface area contributed by atoms with Gasteiger partial charge in [-0.15, -0.1) is 0 Å². The molecule has 0 atom stereocenters. The van der Waals surface area contributed by atoms with Gasteiger partial charge in [-0.3, -0.25) is 13.9 Å². The summed E-state index contributed by atoms with van der Waals surface area (Å²) in [5.74, 6) is 0.517. The fourth-order valence-corrected chi connectivity index (χ4v) is 3.86. The number of halogens is 1. The number of aromatic nitrogens is 4. The third-order valence-corrected chi connectivity index (χ3v) is 5.75. The molecule has 0 spiro atoms. The van der Waals surface area contributed by atoms with Crippen LogP contribution in [0.1, 0.15) is 11.1 Å². The van der Waals surface area contributed by atoms with Crippen LogP contribution in [-0.4, -0.2) is 19.1 Å². The summed E-state index contributed by atoms with van der Waals surface area (Å²) >= 11 is 3.45. The third kappa shape index (κ3) is 3.41. The van der Waals surface area contributed by atoms with Gasteiger partial charge in [-0.1, -0.05) is 51.8 Å². The molecule has 0 unspecified atom stereocenters. The van der Waals surface area contributed by atoms with Crippen molar-refractivity contribution < 1.29 is 0 Å². The Morgan fingerprint density at radius 2 is 1.72 bits per heavy atom. The fourth-order valence-electron chi connectivity index (χ4n) is 3.59. The molecule has 0 aliphatic heterocycles. The molecule has 0 fully saturated rings. The summed E-state index contributed by atoms with van der Waals surface area (Å²) in [6.07, 6.45) is 1.57. The molecule has 2 heterocycles. The minimum Gasteiger partial charge on any atom is -0.283 e. The summed E-state index contributed by atoms with van der Waals surface area (Å²) < 4.78 is 4.24. The van der Waals surface area contributed by atoms with Crippen LogP contribution >= 0.6 is 15.9 Å². The molecule has 5 rings (SSSR count). The fraction of sp³-hybridized carbons (Fsp3) is 0.0400. The van der Waals surface area contributed by atoms with E-state index in [1.807, 2.05) is 61.5 Å². The molecule has 0 aliphatic rings. The average molecular weight is 482 g/mol. The minimum absolute atomic E-state index is 0.256. The van der Waals surface area contributed by atoms with Crippen LogP contribution < -0.4 is 5.56 Å². The molecule has 3 aromatic carbocycles. The highest BCUT2D eigenvalue weighted by Gasteiger charge is 2.19. The molecular formula is C25H16BrN5O. The predicted molar refractivity (Wildman–Crippen MR) is 127 cm³/mol. The maximum Gasteiger partial charge on any atom is 0.286 e. The van der Waals surface area contributed by atoms with Crippen LogP contribution in [-0.2, 0) is 0 Å². The van der Waals surface area contributed by atoms with Crippen molar-refractivity contribution in [1.82, 2.24) is 19.1 Å². The van der Waals surface area contributed by atoms with E-state index in [9.17, 15) is 10.1 Å². The number of aryl methyl sites for hydroxylation is 1. The largest absolute Gasteiger partial charge is 0.286 e. The molecule has 0 saturated carbocycles. The van der Waals surface area contributed by atoms with Crippen molar-refractivity contribution in [1.29, 1.82) is 5.26 Å². The van der Waals surface area contributed by atoms with Gasteiger partial charge in [-0.05, 0) is 49.4 Å². The van der Waals surface area contributed by atoms with Crippen LogP contribution in [0.5, 0.6) is 0 Å². The van der Waals surface area contributed by atoms with Gasteiger partial charge in [0.15, 0.2) is 11.2 Å². The molecule has 0 bridgehead atoms. The molecule has 0 aliphatic carbocycles. The average Bonchev–Trinajstić information content (AvgIpc) is 3.25. The number of hydrogen-bond acceptors (Lipinski definition) is 4. The van der Waals surface area contributed by atoms with Gasteiger partial charge in [-0.2, -0.15) is 5.26 Å². The minimum atomic E-state index is -0.261. The molecule has 0 N–H and O–H groups in total. The van der Waals surface area contributed by atoms with E-state index in [0.29, 0.717) is 22.7 Å². The molecule has 0 radical (unpaired) electrons. The van der Waals surface area contributed by atoms with Crippen LogP contribution in [0.25, 0.3) is 33.9 Å². The summed E-state index contributed by atoms with van der Waals surface area (Å²) in [5, 5.41) is 9.27. The lowest BCUT2D eigenvalue weighted by Crippen LogP contribution is -2.22. The van der Waals surface area contributed by atoms with E-state index in [0.717, 1.165) is 21.3 Å². The third-order valence-electron chi connectivity index (χ3n) is 5.22. The number of rotatable bonds is 3. The molecule has 7 heteroatoms. The smallest absolute Gasteiger partial charge is 0.283 e. The Kier molecular flexibility index (Phi) is 4.92. The first-order chi connectivity index (χ1) is 15.5. The predicted octanol–water partition coefficient (Wildman–Crippen LogP) is 5.18. The van der Waals surface area contributed by atoms with Crippen LogP contribution in [0, 0.1) is 18.3 Å². The first-order valence-electron chi connectivity index (χ1n) is 9.89. The normalized spacial score (nSPS) is 10.9. The van der Waals surface area contributed by atoms with Crippen molar-refractivity contribution in [3.8, 4) is 28.8 Å². The zero-order valence-corrected chi connectivity index (χ0v) is 18.6. The molecule has 0 saturated heterocycles. The molecule has 6 nitrogen and oxygen atoms in total. The van der Waals surface area contributed by atoms with E-state index < -0.39 is 0 Å². The van der Waals surface area contributed by atoms with Gasteiger partial charge in [-0.25, -0.2) is 9.97 Å². The van der Waals surface area contributed by atoms with Crippen molar-refractivity contribution in [2.24, 2.45) is 0 Å². The van der Waals surface area contributed by atoms with Gasteiger partial charge in [0.1, 0.15) is 12.2 Å². The van der Waals surface area contributed by atoms with Gasteiger partial charge in [0.05, 0.1) is 17.3 Å². The zero-order valence-electron chi connectivity index (χ0n) is 17.0. The highest BCUT2D eigenvalue weighted by molar-refractivity contribution is 9.10. The lowest BCUT2D eigenvalue weighted by Gasteiger charge is -2.14. The second kappa shape index (κ2) is 7.91. The van der Waals surface area contributed by atoms with E-state index in [2.05, 4.69) is 27.0 Å². The zero-order chi connectivity index (χ0) is 22.2. The first kappa shape index (κ1) is 19.9. The second-order valence-corrected chi connectivity index (χ2v) is 8.28. The Bertz CT molecular complexity index is 1560. The van der Waals surface area contributed by atoms with Crippen LogP contribution in [0.3, 0.4) is 0 Å². The summed E-state index contributed by atoms with van der Waals surface area (Å²) in [5.41, 5.74) is 4.30. The Morgan fingerprint density at radius 1 is 0.969 bits per heavy atom. The topological polar surface area (TPSA) is 76.5 Å². The lowest BCUT2D eigenvalue weighted by atomic mass is 10.1. The van der Waals surface area contributed by atoms with Crippen LogP contribution in [0.15, 0.2) is 88.4 Å². The standard InChI is InChI=1S/C25H16BrN5O/c1-16-5-7-18(8-6-16)23-29-24-22(25(32)31(23)20-11-9-19(26)10-12-20)28-15-30(24)21-4-2-3-17(13-21)14-27/h2-13,15H,1H3. The highest BCUT2D eigenvalue weighted by atomic mass is 79.9. The lowest BCUT2D eigenvalue weighted by molar-refractivity contribution is 0.961. The summed E-state index contributed by atoms with van der Waals surface area (Å²) in [7, 11) is 0. The second-order valence-electron chi connectivity index (χ2n) is 7.37. The van der Waals surface area contributed by atoms with Crippen molar-refractivity contribution in [2.75, 3.05) is 0 Å². The molecule has 154 valence electrons. The summed E-state index contributed by atoms with van der Waals surface area (Å²) in [6.45, 7) is 2.01. The van der Waals surface area contributed by atoms with Crippen molar-refractivity contribution >= 4 is 27.1 Å². The van der Waals surface area contributed by atoms with Gasteiger partial charge in [0, 0.05) is 15.7 Å². The maximum atomic E-state index is 13.6. The van der Waals surface area contributed by atoms with E-state index in [-0.39, 0.29) is 11.1 Å². The number of fused-ring (bicyclic) bond motifs is 1. The number of benzene rings is 3. The SMILES string of the molecule is Cc1ccc(-c2nc3c(ncn3-c3cccc(C#N)c3)c(=O)n2-c2ccc(Br)cc2)cc1. The van der Waals surface area contributed by atoms with E-state index in [4.69, 9.17) is 4.98 Å². The Labute approximate surface area is 192 Å². The van der Waals surface area contributed by atoms with Gasteiger partial charge < -0.3 is 0 Å². The van der Waals surface area contributed by atoms with Gasteiger partial charge in [0.25, 0.3) is 5.56 Å². The monoisotopic (exact) mass is 481 g/mol. The van der Waals surface area contributed by atoms with Crippen LogP contribution in [0.2, 0.25) is 0 Å². The number of imidazole rings is 1. The van der Waals surface area contributed by atoms with Crippen LogP contribution in [0.4, 0.5) is 0 Å². The molecule has 2 aromatic heterocycles. The van der Waals surface area contributed by atoms with Crippen molar-refractivity contribution in [3.05, 3.63) is 105 Å². The Morgan fingerprint density at radius 3 is 2.44 bits per heavy atom.